The zero-order valence-electron chi connectivity index (χ0n) is 25.9. The molecule has 0 aromatic carbocycles. The van der Waals surface area contributed by atoms with Gasteiger partial charge in [-0.2, -0.15) is 0 Å². The first kappa shape index (κ1) is 39.1. The quantitative estimate of drug-likeness (QED) is 0.0888. The number of carbonyl (C=O) groups is 2. The van der Waals surface area contributed by atoms with Crippen LogP contribution in [0, 0.1) is 0 Å². The molecule has 0 rings (SSSR count). The Hall–Kier alpha value is -1.06. The minimum atomic E-state index is -0.657. The van der Waals surface area contributed by atoms with Gasteiger partial charge in [-0.1, -0.05) is 181 Å². The van der Waals surface area contributed by atoms with Crippen molar-refractivity contribution in [2.24, 2.45) is 0 Å². The van der Waals surface area contributed by atoms with Crippen molar-refractivity contribution < 1.29 is 19.8 Å². The topological polar surface area (TPSA) is 74.6 Å². The normalized spacial score (nSPS) is 10.8. The second kappa shape index (κ2) is 35.9. The summed E-state index contributed by atoms with van der Waals surface area (Å²) in [7, 11) is 0. The summed E-state index contributed by atoms with van der Waals surface area (Å²) >= 11 is 0. The van der Waals surface area contributed by atoms with Gasteiger partial charge in [0.15, 0.2) is 0 Å². The van der Waals surface area contributed by atoms with Crippen LogP contribution in [0.2, 0.25) is 0 Å². The molecule has 2 N–H and O–H groups in total. The number of aliphatic carboxylic acids is 2. The lowest BCUT2D eigenvalue weighted by Gasteiger charge is -2.03. The van der Waals surface area contributed by atoms with Crippen molar-refractivity contribution in [2.45, 2.75) is 206 Å². The standard InChI is InChI=1S/C20H40O2.C14H28O2/c1-2-3-4-5-6-7-8-9-10-11-12-13-14-15-16-17-18-19-20(21)22;1-2-3-4-5-6-7-8-9-10-11-12-13-14(15)16/h2-19H2,1H3,(H,21,22);2-13H2,1H3,(H,15,16). The molecule has 0 aliphatic rings. The van der Waals surface area contributed by atoms with Crippen molar-refractivity contribution in [1.82, 2.24) is 0 Å². The van der Waals surface area contributed by atoms with Gasteiger partial charge in [0.25, 0.3) is 0 Å². The number of hydrogen-bond acceptors (Lipinski definition) is 2. The Kier molecular flexibility index (Phi) is 37.0. The maximum Gasteiger partial charge on any atom is 0.303 e. The number of rotatable bonds is 30. The zero-order chi connectivity index (χ0) is 28.4. The van der Waals surface area contributed by atoms with Crippen LogP contribution in [0.1, 0.15) is 206 Å². The van der Waals surface area contributed by atoms with Crippen LogP contribution in [0.15, 0.2) is 0 Å². The molecular formula is C34H68O4. The number of carboxylic acids is 2. The third-order valence-electron chi connectivity index (χ3n) is 7.49. The summed E-state index contributed by atoms with van der Waals surface area (Å²) in [6, 6.07) is 0. The van der Waals surface area contributed by atoms with E-state index >= 15 is 0 Å². The van der Waals surface area contributed by atoms with Crippen molar-refractivity contribution in [3.05, 3.63) is 0 Å². The summed E-state index contributed by atoms with van der Waals surface area (Å²) in [6.07, 6.45) is 37.5. The fraction of sp³-hybridized carbons (Fsp3) is 0.941. The summed E-state index contributed by atoms with van der Waals surface area (Å²) in [6.45, 7) is 4.52. The average Bonchev–Trinajstić information content (AvgIpc) is 2.89. The molecule has 0 atom stereocenters. The van der Waals surface area contributed by atoms with E-state index in [1.165, 1.54) is 154 Å². The minimum absolute atomic E-state index is 0.344. The van der Waals surface area contributed by atoms with Gasteiger partial charge in [-0.05, 0) is 12.8 Å². The number of hydrogen-bond donors (Lipinski definition) is 2. The summed E-state index contributed by atoms with van der Waals surface area (Å²) in [5.41, 5.74) is 0. The van der Waals surface area contributed by atoms with E-state index in [-0.39, 0.29) is 0 Å². The molecule has 0 amide bonds. The minimum Gasteiger partial charge on any atom is -0.481 e. The van der Waals surface area contributed by atoms with E-state index in [1.807, 2.05) is 0 Å². The van der Waals surface area contributed by atoms with Crippen LogP contribution in [0.5, 0.6) is 0 Å². The molecule has 0 aliphatic carbocycles. The molecule has 0 spiro atoms. The molecule has 0 bridgehead atoms. The van der Waals surface area contributed by atoms with Gasteiger partial charge < -0.3 is 10.2 Å². The second-order valence-electron chi connectivity index (χ2n) is 11.5. The first-order valence-electron chi connectivity index (χ1n) is 17.0. The van der Waals surface area contributed by atoms with Crippen LogP contribution in [0.4, 0.5) is 0 Å². The zero-order valence-corrected chi connectivity index (χ0v) is 25.9. The van der Waals surface area contributed by atoms with Gasteiger partial charge in [0.1, 0.15) is 0 Å². The van der Waals surface area contributed by atoms with Crippen molar-refractivity contribution >= 4 is 11.9 Å². The van der Waals surface area contributed by atoms with Gasteiger partial charge in [-0.3, -0.25) is 9.59 Å². The van der Waals surface area contributed by atoms with Gasteiger partial charge >= 0.3 is 11.9 Å². The Balaban J connectivity index is 0. The molecule has 0 saturated heterocycles. The largest absolute Gasteiger partial charge is 0.481 e. The van der Waals surface area contributed by atoms with Crippen molar-refractivity contribution in [3.63, 3.8) is 0 Å². The highest BCUT2D eigenvalue weighted by Crippen LogP contribution is 2.14. The van der Waals surface area contributed by atoms with Gasteiger partial charge in [0, 0.05) is 12.8 Å². The molecule has 0 aliphatic heterocycles. The maximum absolute atomic E-state index is 10.4. The lowest BCUT2D eigenvalue weighted by molar-refractivity contribution is -0.138. The SMILES string of the molecule is CCCCCCCCCCCCCC(=O)O.CCCCCCCCCCCCCCCCCCCC(=O)O. The third kappa shape index (κ3) is 42.0. The highest BCUT2D eigenvalue weighted by Gasteiger charge is 1.98. The molecule has 4 nitrogen and oxygen atoms in total. The second-order valence-corrected chi connectivity index (χ2v) is 11.5. The Morgan fingerprint density at radius 1 is 0.316 bits per heavy atom. The molecule has 0 aromatic rings. The molecule has 0 unspecified atom stereocenters. The van der Waals surface area contributed by atoms with Crippen molar-refractivity contribution in [1.29, 1.82) is 0 Å². The van der Waals surface area contributed by atoms with Crippen LogP contribution in [-0.4, -0.2) is 22.2 Å². The van der Waals surface area contributed by atoms with Crippen LogP contribution < -0.4 is 0 Å². The molecular weight excluding hydrogens is 472 g/mol. The monoisotopic (exact) mass is 541 g/mol. The highest BCUT2D eigenvalue weighted by atomic mass is 16.4. The van der Waals surface area contributed by atoms with E-state index in [9.17, 15) is 9.59 Å². The van der Waals surface area contributed by atoms with E-state index in [0.717, 1.165) is 25.7 Å². The lowest BCUT2D eigenvalue weighted by atomic mass is 10.0. The van der Waals surface area contributed by atoms with Gasteiger partial charge in [-0.25, -0.2) is 0 Å². The highest BCUT2D eigenvalue weighted by molar-refractivity contribution is 5.66. The fourth-order valence-electron chi connectivity index (χ4n) is 4.94. The van der Waals surface area contributed by atoms with E-state index in [4.69, 9.17) is 10.2 Å². The number of carboxylic acid groups (broad SMARTS) is 2. The molecule has 38 heavy (non-hydrogen) atoms. The van der Waals surface area contributed by atoms with Crippen LogP contribution in [0.3, 0.4) is 0 Å². The first-order valence-corrected chi connectivity index (χ1v) is 17.0. The Morgan fingerprint density at radius 3 is 0.632 bits per heavy atom. The van der Waals surface area contributed by atoms with Crippen LogP contribution >= 0.6 is 0 Å². The first-order chi connectivity index (χ1) is 18.5. The van der Waals surface area contributed by atoms with Gasteiger partial charge in [0.05, 0.1) is 0 Å². The molecule has 0 heterocycles. The van der Waals surface area contributed by atoms with E-state index in [2.05, 4.69) is 13.8 Å². The summed E-state index contributed by atoms with van der Waals surface area (Å²) in [5.74, 6) is -1.31. The predicted molar refractivity (Wildman–Crippen MR) is 165 cm³/mol. The maximum atomic E-state index is 10.4. The molecule has 0 aromatic heterocycles. The van der Waals surface area contributed by atoms with Gasteiger partial charge in [0.2, 0.25) is 0 Å². The van der Waals surface area contributed by atoms with E-state index < -0.39 is 11.9 Å². The van der Waals surface area contributed by atoms with Crippen LogP contribution in [-0.2, 0) is 9.59 Å². The van der Waals surface area contributed by atoms with Crippen LogP contribution in [0.25, 0.3) is 0 Å². The summed E-state index contributed by atoms with van der Waals surface area (Å²) in [5, 5.41) is 17.0. The smallest absolute Gasteiger partial charge is 0.303 e. The van der Waals surface area contributed by atoms with Crippen molar-refractivity contribution in [3.8, 4) is 0 Å². The Labute approximate surface area is 238 Å². The molecule has 0 saturated carbocycles. The predicted octanol–water partition coefficient (Wildman–Crippen LogP) is 11.9. The van der Waals surface area contributed by atoms with Crippen molar-refractivity contribution in [2.75, 3.05) is 0 Å². The fourth-order valence-corrected chi connectivity index (χ4v) is 4.94. The molecule has 228 valence electrons. The lowest BCUT2D eigenvalue weighted by Crippen LogP contribution is -1.93. The van der Waals surface area contributed by atoms with E-state index in [1.54, 1.807) is 0 Å². The number of unbranched alkanes of at least 4 members (excludes halogenated alkanes) is 26. The van der Waals surface area contributed by atoms with Gasteiger partial charge in [-0.15, -0.1) is 0 Å². The Bertz CT molecular complexity index is 463. The molecule has 0 radical (unpaired) electrons. The van der Waals surface area contributed by atoms with E-state index in [0.29, 0.717) is 12.8 Å². The molecule has 4 heteroatoms. The molecule has 0 fully saturated rings. The summed E-state index contributed by atoms with van der Waals surface area (Å²) in [4.78, 5) is 20.6. The average molecular weight is 541 g/mol. The Morgan fingerprint density at radius 2 is 0.474 bits per heavy atom. The summed E-state index contributed by atoms with van der Waals surface area (Å²) < 4.78 is 0. The third-order valence-corrected chi connectivity index (χ3v) is 7.49.